The van der Waals surface area contributed by atoms with Gasteiger partial charge in [-0.05, 0) is 30.0 Å². The minimum absolute atomic E-state index is 0.0517. The number of rotatable bonds is 3. The van der Waals surface area contributed by atoms with Crippen LogP contribution in [-0.2, 0) is 10.2 Å². The number of piperazine rings is 1. The molecule has 2 amide bonds. The van der Waals surface area contributed by atoms with Crippen LogP contribution in [-0.4, -0.2) is 61.7 Å². The van der Waals surface area contributed by atoms with Gasteiger partial charge in [0.2, 0.25) is 0 Å². The van der Waals surface area contributed by atoms with E-state index in [1.807, 2.05) is 18.2 Å². The molecule has 0 bridgehead atoms. The molecule has 1 aliphatic heterocycles. The van der Waals surface area contributed by atoms with E-state index in [0.29, 0.717) is 44.1 Å². The number of ether oxygens (including phenoxy) is 2. The van der Waals surface area contributed by atoms with Gasteiger partial charge in [0.25, 0.3) is 5.91 Å². The summed E-state index contributed by atoms with van der Waals surface area (Å²) in [6.07, 6.45) is -0.318. The second-order valence-corrected chi connectivity index (χ2v) is 7.14. The van der Waals surface area contributed by atoms with E-state index < -0.39 is 0 Å². The second-order valence-electron chi connectivity index (χ2n) is 7.14. The Bertz CT molecular complexity index is 629. The molecule has 6 nitrogen and oxygen atoms in total. The van der Waals surface area contributed by atoms with Gasteiger partial charge in [-0.3, -0.25) is 4.79 Å². The summed E-state index contributed by atoms with van der Waals surface area (Å²) in [4.78, 5) is 28.2. The number of benzene rings is 1. The summed E-state index contributed by atoms with van der Waals surface area (Å²) in [6.45, 7) is 10.4. The van der Waals surface area contributed by atoms with Crippen LogP contribution in [0.4, 0.5) is 4.79 Å². The maximum atomic E-state index is 13.0. The number of hydrogen-bond donors (Lipinski definition) is 0. The van der Waals surface area contributed by atoms with Crippen molar-refractivity contribution < 1.29 is 19.1 Å². The van der Waals surface area contributed by atoms with E-state index in [1.54, 1.807) is 23.8 Å². The van der Waals surface area contributed by atoms with Crippen LogP contribution in [0.25, 0.3) is 0 Å². The molecular weight excluding hydrogens is 320 g/mol. The third-order valence-electron chi connectivity index (χ3n) is 4.39. The minimum Gasteiger partial charge on any atom is -0.496 e. The highest BCUT2D eigenvalue weighted by Gasteiger charge is 2.28. The molecule has 1 heterocycles. The summed E-state index contributed by atoms with van der Waals surface area (Å²) < 4.78 is 10.4. The van der Waals surface area contributed by atoms with E-state index in [4.69, 9.17) is 9.47 Å². The standard InChI is InChI=1S/C19H28N2O4/c1-6-25-18(23)21-11-9-20(10-12-21)17(22)15-13-14(19(2,3)4)7-8-16(15)24-5/h7-8,13H,6,9-12H2,1-5H3. The first-order chi connectivity index (χ1) is 11.8. The van der Waals surface area contributed by atoms with E-state index in [9.17, 15) is 9.59 Å². The van der Waals surface area contributed by atoms with Crippen molar-refractivity contribution in [2.24, 2.45) is 0 Å². The zero-order valence-corrected chi connectivity index (χ0v) is 15.8. The highest BCUT2D eigenvalue weighted by Crippen LogP contribution is 2.29. The molecule has 0 N–H and O–H groups in total. The first-order valence-electron chi connectivity index (χ1n) is 8.67. The van der Waals surface area contributed by atoms with Crippen LogP contribution in [0.15, 0.2) is 18.2 Å². The predicted molar refractivity (Wildman–Crippen MR) is 96.2 cm³/mol. The molecule has 1 aliphatic rings. The SMILES string of the molecule is CCOC(=O)N1CCN(C(=O)c2cc(C(C)(C)C)ccc2OC)CC1. The molecule has 1 aromatic carbocycles. The van der Waals surface area contributed by atoms with Gasteiger partial charge in [0, 0.05) is 26.2 Å². The van der Waals surface area contributed by atoms with Crippen LogP contribution in [0, 0.1) is 0 Å². The molecule has 25 heavy (non-hydrogen) atoms. The molecule has 6 heteroatoms. The zero-order chi connectivity index (χ0) is 18.6. The van der Waals surface area contributed by atoms with Crippen LogP contribution >= 0.6 is 0 Å². The lowest BCUT2D eigenvalue weighted by Gasteiger charge is -2.34. The van der Waals surface area contributed by atoms with E-state index in [-0.39, 0.29) is 17.4 Å². The lowest BCUT2D eigenvalue weighted by molar-refractivity contribution is 0.0567. The van der Waals surface area contributed by atoms with Crippen molar-refractivity contribution in [2.45, 2.75) is 33.1 Å². The number of carbonyl (C=O) groups excluding carboxylic acids is 2. The van der Waals surface area contributed by atoms with Gasteiger partial charge >= 0.3 is 6.09 Å². The highest BCUT2D eigenvalue weighted by atomic mass is 16.6. The molecule has 0 saturated carbocycles. The van der Waals surface area contributed by atoms with Crippen molar-refractivity contribution in [3.63, 3.8) is 0 Å². The molecule has 2 rings (SSSR count). The summed E-state index contributed by atoms with van der Waals surface area (Å²) in [5.74, 6) is 0.511. The zero-order valence-electron chi connectivity index (χ0n) is 15.8. The van der Waals surface area contributed by atoms with Crippen LogP contribution in [0.2, 0.25) is 0 Å². The van der Waals surface area contributed by atoms with Gasteiger partial charge in [0.1, 0.15) is 5.75 Å². The first-order valence-corrected chi connectivity index (χ1v) is 8.67. The summed E-state index contributed by atoms with van der Waals surface area (Å²) in [6, 6.07) is 5.76. The van der Waals surface area contributed by atoms with E-state index in [1.165, 1.54) is 0 Å². The Morgan fingerprint density at radius 2 is 1.68 bits per heavy atom. The van der Waals surface area contributed by atoms with Crippen molar-refractivity contribution in [2.75, 3.05) is 39.9 Å². The molecule has 0 unspecified atom stereocenters. The lowest BCUT2D eigenvalue weighted by Crippen LogP contribution is -2.50. The fourth-order valence-electron chi connectivity index (χ4n) is 2.82. The Labute approximate surface area is 149 Å². The van der Waals surface area contributed by atoms with Crippen LogP contribution in [0.1, 0.15) is 43.6 Å². The summed E-state index contributed by atoms with van der Waals surface area (Å²) >= 11 is 0. The van der Waals surface area contributed by atoms with Gasteiger partial charge in [-0.1, -0.05) is 26.8 Å². The largest absolute Gasteiger partial charge is 0.496 e. The van der Waals surface area contributed by atoms with Crippen molar-refractivity contribution in [1.82, 2.24) is 9.80 Å². The molecule has 1 fully saturated rings. The molecule has 0 aliphatic carbocycles. The number of carbonyl (C=O) groups is 2. The third-order valence-corrected chi connectivity index (χ3v) is 4.39. The number of methoxy groups -OCH3 is 1. The molecule has 0 spiro atoms. The Hall–Kier alpha value is -2.24. The third kappa shape index (κ3) is 4.44. The van der Waals surface area contributed by atoms with Gasteiger partial charge in [-0.15, -0.1) is 0 Å². The number of nitrogens with zero attached hydrogens (tertiary/aromatic N) is 2. The predicted octanol–water partition coefficient (Wildman–Crippen LogP) is 2.91. The van der Waals surface area contributed by atoms with Crippen LogP contribution < -0.4 is 4.74 Å². The van der Waals surface area contributed by atoms with Crippen molar-refractivity contribution in [3.8, 4) is 5.75 Å². The molecular formula is C19H28N2O4. The van der Waals surface area contributed by atoms with Gasteiger partial charge in [0.15, 0.2) is 0 Å². The van der Waals surface area contributed by atoms with Crippen LogP contribution in [0.5, 0.6) is 5.75 Å². The minimum atomic E-state index is -0.318. The highest BCUT2D eigenvalue weighted by molar-refractivity contribution is 5.97. The smallest absolute Gasteiger partial charge is 0.409 e. The Balaban J connectivity index is 2.14. The van der Waals surface area contributed by atoms with Gasteiger partial charge in [-0.25, -0.2) is 4.79 Å². The van der Waals surface area contributed by atoms with Crippen molar-refractivity contribution in [3.05, 3.63) is 29.3 Å². The molecule has 1 aromatic rings. The monoisotopic (exact) mass is 348 g/mol. The van der Waals surface area contributed by atoms with E-state index >= 15 is 0 Å². The summed E-state index contributed by atoms with van der Waals surface area (Å²) in [5.41, 5.74) is 1.60. The number of amides is 2. The number of hydrogen-bond acceptors (Lipinski definition) is 4. The Kier molecular flexibility index (Phi) is 5.93. The maximum Gasteiger partial charge on any atom is 0.409 e. The average molecular weight is 348 g/mol. The maximum absolute atomic E-state index is 13.0. The normalized spacial score (nSPS) is 15.1. The molecule has 0 aromatic heterocycles. The molecule has 0 atom stereocenters. The summed E-state index contributed by atoms with van der Waals surface area (Å²) in [5, 5.41) is 0. The fraction of sp³-hybridized carbons (Fsp3) is 0.579. The van der Waals surface area contributed by atoms with Crippen molar-refractivity contribution >= 4 is 12.0 Å². The average Bonchev–Trinajstić information content (AvgIpc) is 2.60. The second kappa shape index (κ2) is 7.76. The summed E-state index contributed by atoms with van der Waals surface area (Å²) in [7, 11) is 1.57. The van der Waals surface area contributed by atoms with Crippen molar-refractivity contribution in [1.29, 1.82) is 0 Å². The Morgan fingerprint density at radius 1 is 1.08 bits per heavy atom. The Morgan fingerprint density at radius 3 is 2.20 bits per heavy atom. The van der Waals surface area contributed by atoms with Gasteiger partial charge < -0.3 is 19.3 Å². The van der Waals surface area contributed by atoms with Crippen LogP contribution in [0.3, 0.4) is 0 Å². The molecule has 1 saturated heterocycles. The topological polar surface area (TPSA) is 59.1 Å². The van der Waals surface area contributed by atoms with Gasteiger partial charge in [-0.2, -0.15) is 0 Å². The van der Waals surface area contributed by atoms with Gasteiger partial charge in [0.05, 0.1) is 19.3 Å². The first kappa shape index (κ1) is 19.1. The fourth-order valence-corrected chi connectivity index (χ4v) is 2.82. The van der Waals surface area contributed by atoms with E-state index in [2.05, 4.69) is 20.8 Å². The molecule has 138 valence electrons. The molecule has 0 radical (unpaired) electrons. The quantitative estimate of drug-likeness (QED) is 0.843. The van der Waals surface area contributed by atoms with E-state index in [0.717, 1.165) is 5.56 Å². The lowest BCUT2D eigenvalue weighted by atomic mass is 9.86.